The van der Waals surface area contributed by atoms with Crippen LogP contribution in [0.3, 0.4) is 0 Å². The first-order chi connectivity index (χ1) is 14.0. The summed E-state index contributed by atoms with van der Waals surface area (Å²) in [6.07, 6.45) is 4.16. The zero-order valence-electron chi connectivity index (χ0n) is 15.1. The highest BCUT2D eigenvalue weighted by molar-refractivity contribution is 6.32. The number of nitrogens with one attached hydrogen (secondary N) is 1. The van der Waals surface area contributed by atoms with Gasteiger partial charge < -0.3 is 10.1 Å². The topological polar surface area (TPSA) is 96.5 Å². The number of fused-ring (bicyclic) bond motifs is 1. The number of benzene rings is 1. The Morgan fingerprint density at radius 1 is 1.31 bits per heavy atom. The molecule has 0 bridgehead atoms. The lowest BCUT2D eigenvalue weighted by Crippen LogP contribution is -2.25. The van der Waals surface area contributed by atoms with Crippen LogP contribution in [0.15, 0.2) is 71.7 Å². The molecule has 0 aliphatic rings. The van der Waals surface area contributed by atoms with Gasteiger partial charge in [0.25, 0.3) is 11.5 Å². The van der Waals surface area contributed by atoms with Crippen molar-refractivity contribution in [2.45, 2.75) is 0 Å². The second kappa shape index (κ2) is 8.87. The molecule has 1 aromatic carbocycles. The van der Waals surface area contributed by atoms with Crippen molar-refractivity contribution in [3.63, 3.8) is 0 Å². The molecule has 1 amide bonds. The number of pyridine rings is 1. The van der Waals surface area contributed by atoms with Crippen LogP contribution in [0.1, 0.15) is 5.56 Å². The molecule has 3 aromatic rings. The Morgan fingerprint density at radius 2 is 2.07 bits per heavy atom. The van der Waals surface area contributed by atoms with Crippen LogP contribution in [-0.4, -0.2) is 21.8 Å². The van der Waals surface area contributed by atoms with E-state index in [0.717, 1.165) is 6.08 Å². The van der Waals surface area contributed by atoms with Gasteiger partial charge in [0.05, 0.1) is 5.02 Å². The zero-order valence-corrected chi connectivity index (χ0v) is 15.9. The van der Waals surface area contributed by atoms with E-state index in [1.165, 1.54) is 16.7 Å². The molecule has 8 heteroatoms. The Morgan fingerprint density at radius 3 is 2.79 bits per heavy atom. The van der Waals surface area contributed by atoms with Gasteiger partial charge in [-0.25, -0.2) is 0 Å². The molecular formula is C21H15ClN4O3. The first kappa shape index (κ1) is 19.9. The van der Waals surface area contributed by atoms with Crippen LogP contribution >= 0.6 is 11.6 Å². The lowest BCUT2D eigenvalue weighted by atomic mass is 10.1. The van der Waals surface area contributed by atoms with E-state index in [1.807, 2.05) is 0 Å². The van der Waals surface area contributed by atoms with Gasteiger partial charge in [0, 0.05) is 12.7 Å². The van der Waals surface area contributed by atoms with Crippen molar-refractivity contribution in [3.8, 4) is 17.7 Å². The predicted molar refractivity (Wildman–Crippen MR) is 110 cm³/mol. The average molecular weight is 407 g/mol. The Hall–Kier alpha value is -3.89. The van der Waals surface area contributed by atoms with Crippen LogP contribution in [0.5, 0.6) is 11.6 Å². The minimum Gasteiger partial charge on any atom is -0.437 e. The van der Waals surface area contributed by atoms with E-state index in [0.29, 0.717) is 10.7 Å². The highest BCUT2D eigenvalue weighted by atomic mass is 35.5. The Bertz CT molecular complexity index is 1220. The van der Waals surface area contributed by atoms with Gasteiger partial charge in [-0.1, -0.05) is 35.9 Å². The summed E-state index contributed by atoms with van der Waals surface area (Å²) in [7, 11) is 0. The molecule has 0 atom stereocenters. The van der Waals surface area contributed by atoms with E-state index in [1.54, 1.807) is 48.5 Å². The number of aromatic nitrogens is 2. The number of carbonyl (C=O) groups is 1. The monoisotopic (exact) mass is 406 g/mol. The minimum absolute atomic E-state index is 0.0566. The van der Waals surface area contributed by atoms with Gasteiger partial charge in [-0.3, -0.25) is 14.0 Å². The number of hydrogen-bond donors (Lipinski definition) is 1. The lowest BCUT2D eigenvalue weighted by Gasteiger charge is -2.11. The number of para-hydroxylation sites is 1. The normalized spacial score (nSPS) is 11.0. The van der Waals surface area contributed by atoms with E-state index in [4.69, 9.17) is 16.3 Å². The predicted octanol–water partition coefficient (Wildman–Crippen LogP) is 3.35. The molecule has 0 radical (unpaired) electrons. The number of amides is 1. The molecule has 0 spiro atoms. The molecule has 0 saturated heterocycles. The molecule has 0 unspecified atom stereocenters. The van der Waals surface area contributed by atoms with Crippen LogP contribution in [-0.2, 0) is 4.79 Å². The van der Waals surface area contributed by atoms with Crippen LogP contribution < -0.4 is 15.6 Å². The van der Waals surface area contributed by atoms with Crippen molar-refractivity contribution < 1.29 is 9.53 Å². The molecule has 0 aliphatic heterocycles. The third-order valence-corrected chi connectivity index (χ3v) is 4.15. The molecule has 1 N–H and O–H groups in total. The van der Waals surface area contributed by atoms with Crippen molar-refractivity contribution in [2.75, 3.05) is 6.54 Å². The number of nitrogens with zero attached hydrogens (tertiary/aromatic N) is 3. The second-order valence-electron chi connectivity index (χ2n) is 5.77. The summed E-state index contributed by atoms with van der Waals surface area (Å²) in [6.45, 7) is 3.68. The molecule has 2 heterocycles. The second-order valence-corrected chi connectivity index (χ2v) is 6.17. The molecule has 144 valence electrons. The minimum atomic E-state index is -0.645. The Labute approximate surface area is 171 Å². The van der Waals surface area contributed by atoms with Gasteiger partial charge in [0.1, 0.15) is 28.6 Å². The SMILES string of the molecule is C=CCNC(=O)/C(C#N)=C/c1c(Oc2ccccc2Cl)nc2ccccn2c1=O. The molecule has 3 rings (SSSR count). The average Bonchev–Trinajstić information content (AvgIpc) is 2.73. The van der Waals surface area contributed by atoms with Gasteiger partial charge in [0.15, 0.2) is 0 Å². The van der Waals surface area contributed by atoms with E-state index in [9.17, 15) is 14.9 Å². The third-order valence-electron chi connectivity index (χ3n) is 3.84. The van der Waals surface area contributed by atoms with Crippen molar-refractivity contribution in [1.29, 1.82) is 5.26 Å². The first-order valence-corrected chi connectivity index (χ1v) is 8.87. The smallest absolute Gasteiger partial charge is 0.269 e. The van der Waals surface area contributed by atoms with Crippen molar-refractivity contribution in [3.05, 3.63) is 87.8 Å². The Kier molecular flexibility index (Phi) is 6.07. The highest BCUT2D eigenvalue weighted by Gasteiger charge is 2.17. The van der Waals surface area contributed by atoms with E-state index < -0.39 is 11.5 Å². The zero-order chi connectivity index (χ0) is 20.8. The molecule has 0 fully saturated rings. The van der Waals surface area contributed by atoms with Crippen LogP contribution in [0.25, 0.3) is 11.7 Å². The quantitative estimate of drug-likeness (QED) is 0.384. The van der Waals surface area contributed by atoms with Gasteiger partial charge in [-0.2, -0.15) is 10.2 Å². The van der Waals surface area contributed by atoms with E-state index in [-0.39, 0.29) is 29.3 Å². The molecule has 0 saturated carbocycles. The Balaban J connectivity index is 2.19. The van der Waals surface area contributed by atoms with Gasteiger partial charge in [-0.15, -0.1) is 6.58 Å². The number of hydrogen-bond acceptors (Lipinski definition) is 5. The number of rotatable bonds is 6. The molecule has 29 heavy (non-hydrogen) atoms. The number of nitriles is 1. The summed E-state index contributed by atoms with van der Waals surface area (Å²) in [5.74, 6) is -0.433. The van der Waals surface area contributed by atoms with E-state index in [2.05, 4.69) is 16.9 Å². The molecule has 2 aromatic heterocycles. The highest BCUT2D eigenvalue weighted by Crippen LogP contribution is 2.29. The molecule has 7 nitrogen and oxygen atoms in total. The van der Waals surface area contributed by atoms with Crippen LogP contribution in [0, 0.1) is 11.3 Å². The maximum absolute atomic E-state index is 13.0. The van der Waals surface area contributed by atoms with Gasteiger partial charge in [0.2, 0.25) is 5.88 Å². The van der Waals surface area contributed by atoms with Crippen LogP contribution in [0.4, 0.5) is 0 Å². The van der Waals surface area contributed by atoms with Gasteiger partial charge >= 0.3 is 0 Å². The fourth-order valence-corrected chi connectivity index (χ4v) is 2.64. The van der Waals surface area contributed by atoms with Crippen molar-refractivity contribution in [2.24, 2.45) is 0 Å². The third kappa shape index (κ3) is 4.34. The van der Waals surface area contributed by atoms with Gasteiger partial charge in [-0.05, 0) is 30.3 Å². The van der Waals surface area contributed by atoms with Crippen LogP contribution in [0.2, 0.25) is 5.02 Å². The maximum atomic E-state index is 13.0. The standard InChI is InChI=1S/C21H15ClN4O3/c1-2-10-24-19(27)14(13-23)12-15-20(29-17-8-4-3-7-16(17)22)25-18-9-5-6-11-26(18)21(15)28/h2-9,11-12H,1,10H2,(H,24,27)/b14-12+. The fourth-order valence-electron chi connectivity index (χ4n) is 2.47. The number of ether oxygens (including phenoxy) is 1. The summed E-state index contributed by atoms with van der Waals surface area (Å²) < 4.78 is 7.07. The first-order valence-electron chi connectivity index (χ1n) is 8.50. The van der Waals surface area contributed by atoms with E-state index >= 15 is 0 Å². The number of carbonyl (C=O) groups excluding carboxylic acids is 1. The number of halogens is 1. The summed E-state index contributed by atoms with van der Waals surface area (Å²) in [4.78, 5) is 29.6. The van der Waals surface area contributed by atoms with Crippen molar-refractivity contribution >= 4 is 29.2 Å². The largest absolute Gasteiger partial charge is 0.437 e. The lowest BCUT2D eigenvalue weighted by molar-refractivity contribution is -0.116. The van der Waals surface area contributed by atoms with Crippen molar-refractivity contribution in [1.82, 2.24) is 14.7 Å². The fraction of sp³-hybridized carbons (Fsp3) is 0.0476. The molecular weight excluding hydrogens is 392 g/mol. The summed E-state index contributed by atoms with van der Waals surface area (Å²) in [5, 5.41) is 12.2. The maximum Gasteiger partial charge on any atom is 0.269 e. The molecule has 0 aliphatic carbocycles. The summed E-state index contributed by atoms with van der Waals surface area (Å²) in [5.41, 5.74) is -0.488. The summed E-state index contributed by atoms with van der Waals surface area (Å²) in [6, 6.07) is 13.5. The summed E-state index contributed by atoms with van der Waals surface area (Å²) >= 11 is 6.15.